The fourth-order valence-electron chi connectivity index (χ4n) is 2.01. The lowest BCUT2D eigenvalue weighted by atomic mass is 9.99. The largest absolute Gasteiger partial charge is 0.377 e. The lowest BCUT2D eigenvalue weighted by molar-refractivity contribution is 0.0378. The van der Waals surface area contributed by atoms with Gasteiger partial charge < -0.3 is 10.5 Å². The smallest absolute Gasteiger partial charge is 0.137 e. The minimum atomic E-state index is -0.247. The Kier molecular flexibility index (Phi) is 6.82. The number of nitrogens with two attached hydrogens (primary N) is 1. The maximum absolute atomic E-state index is 13.4. The summed E-state index contributed by atoms with van der Waals surface area (Å²) < 4.78 is 19.6. The van der Waals surface area contributed by atoms with Crippen molar-refractivity contribution in [2.75, 3.05) is 6.61 Å². The van der Waals surface area contributed by atoms with Gasteiger partial charge in [0.05, 0.1) is 10.6 Å². The predicted molar refractivity (Wildman–Crippen MR) is 76.1 cm³/mol. The van der Waals surface area contributed by atoms with Crippen LogP contribution in [0.4, 0.5) is 4.39 Å². The van der Waals surface area contributed by atoms with E-state index in [9.17, 15) is 4.39 Å². The fourth-order valence-corrected chi connectivity index (χ4v) is 2.44. The molecule has 102 valence electrons. The zero-order valence-corrected chi connectivity index (χ0v) is 12.5. The molecular weight excluding hydrogens is 297 g/mol. The first-order valence-electron chi connectivity index (χ1n) is 6.40. The van der Waals surface area contributed by atoms with E-state index in [1.807, 2.05) is 13.0 Å². The van der Waals surface area contributed by atoms with Crippen molar-refractivity contribution in [1.82, 2.24) is 0 Å². The SMILES string of the molecule is CCCC(OCC)C(N)Cc1cccc(F)c1Br. The minimum Gasteiger partial charge on any atom is -0.377 e. The van der Waals surface area contributed by atoms with Crippen LogP contribution in [-0.2, 0) is 11.2 Å². The van der Waals surface area contributed by atoms with E-state index in [4.69, 9.17) is 10.5 Å². The number of hydrogen-bond donors (Lipinski definition) is 1. The van der Waals surface area contributed by atoms with Gasteiger partial charge >= 0.3 is 0 Å². The highest BCUT2D eigenvalue weighted by atomic mass is 79.9. The van der Waals surface area contributed by atoms with Crippen molar-refractivity contribution in [1.29, 1.82) is 0 Å². The lowest BCUT2D eigenvalue weighted by Gasteiger charge is -2.24. The molecule has 1 aromatic carbocycles. The molecular formula is C14H21BrFNO. The summed E-state index contributed by atoms with van der Waals surface area (Å²) in [5, 5.41) is 0. The van der Waals surface area contributed by atoms with Crippen molar-refractivity contribution in [3.63, 3.8) is 0 Å². The van der Waals surface area contributed by atoms with Crippen LogP contribution in [-0.4, -0.2) is 18.8 Å². The third-order valence-corrected chi connectivity index (χ3v) is 3.81. The molecule has 0 saturated carbocycles. The number of halogens is 2. The Morgan fingerprint density at radius 1 is 1.39 bits per heavy atom. The van der Waals surface area contributed by atoms with E-state index in [2.05, 4.69) is 22.9 Å². The second-order valence-corrected chi connectivity index (χ2v) is 5.16. The van der Waals surface area contributed by atoms with Gasteiger partial charge in [-0.1, -0.05) is 25.5 Å². The molecule has 0 aliphatic rings. The molecule has 4 heteroatoms. The minimum absolute atomic E-state index is 0.0372. The Labute approximate surface area is 117 Å². The van der Waals surface area contributed by atoms with Crippen LogP contribution in [0.25, 0.3) is 0 Å². The molecule has 1 rings (SSSR count). The van der Waals surface area contributed by atoms with E-state index in [1.54, 1.807) is 6.07 Å². The van der Waals surface area contributed by atoms with Gasteiger partial charge in [-0.05, 0) is 47.3 Å². The molecule has 2 unspecified atom stereocenters. The maximum Gasteiger partial charge on any atom is 0.137 e. The Morgan fingerprint density at radius 3 is 2.72 bits per heavy atom. The van der Waals surface area contributed by atoms with Crippen molar-refractivity contribution < 1.29 is 9.13 Å². The summed E-state index contributed by atoms with van der Waals surface area (Å²) in [5.41, 5.74) is 7.06. The van der Waals surface area contributed by atoms with Crippen LogP contribution in [0.2, 0.25) is 0 Å². The molecule has 18 heavy (non-hydrogen) atoms. The van der Waals surface area contributed by atoms with Gasteiger partial charge in [-0.2, -0.15) is 0 Å². The van der Waals surface area contributed by atoms with E-state index >= 15 is 0 Å². The van der Waals surface area contributed by atoms with Crippen LogP contribution in [0, 0.1) is 5.82 Å². The molecule has 0 saturated heterocycles. The quantitative estimate of drug-likeness (QED) is 0.833. The van der Waals surface area contributed by atoms with Crippen LogP contribution >= 0.6 is 15.9 Å². The molecule has 1 aromatic rings. The molecule has 2 nitrogen and oxygen atoms in total. The van der Waals surface area contributed by atoms with Gasteiger partial charge in [0.15, 0.2) is 0 Å². The van der Waals surface area contributed by atoms with E-state index < -0.39 is 0 Å². The van der Waals surface area contributed by atoms with Gasteiger partial charge in [0.25, 0.3) is 0 Å². The summed E-state index contributed by atoms with van der Waals surface area (Å²) in [5.74, 6) is -0.247. The third-order valence-electron chi connectivity index (χ3n) is 2.92. The van der Waals surface area contributed by atoms with Crippen molar-refractivity contribution in [2.45, 2.75) is 45.3 Å². The highest BCUT2D eigenvalue weighted by molar-refractivity contribution is 9.10. The molecule has 0 fully saturated rings. The molecule has 2 atom stereocenters. The Hall–Kier alpha value is -0.450. The summed E-state index contributed by atoms with van der Waals surface area (Å²) in [4.78, 5) is 0. The molecule has 0 radical (unpaired) electrons. The summed E-state index contributed by atoms with van der Waals surface area (Å²) in [6.45, 7) is 4.73. The summed E-state index contributed by atoms with van der Waals surface area (Å²) in [7, 11) is 0. The summed E-state index contributed by atoms with van der Waals surface area (Å²) >= 11 is 3.26. The van der Waals surface area contributed by atoms with Crippen LogP contribution < -0.4 is 5.73 Å². The first-order valence-corrected chi connectivity index (χ1v) is 7.19. The molecule has 0 aromatic heterocycles. The van der Waals surface area contributed by atoms with E-state index in [-0.39, 0.29) is 18.0 Å². The van der Waals surface area contributed by atoms with Crippen LogP contribution in [0.1, 0.15) is 32.3 Å². The Balaban J connectivity index is 2.72. The topological polar surface area (TPSA) is 35.2 Å². The highest BCUT2D eigenvalue weighted by Crippen LogP contribution is 2.22. The molecule has 0 bridgehead atoms. The Bertz CT molecular complexity index is 367. The van der Waals surface area contributed by atoms with Crippen LogP contribution in [0.5, 0.6) is 0 Å². The summed E-state index contributed by atoms with van der Waals surface area (Å²) in [6, 6.07) is 4.92. The normalized spacial score (nSPS) is 14.5. The van der Waals surface area contributed by atoms with Crippen LogP contribution in [0.15, 0.2) is 22.7 Å². The van der Waals surface area contributed by atoms with E-state index in [0.29, 0.717) is 17.5 Å². The zero-order valence-electron chi connectivity index (χ0n) is 11.0. The zero-order chi connectivity index (χ0) is 13.5. The fraction of sp³-hybridized carbons (Fsp3) is 0.571. The van der Waals surface area contributed by atoms with E-state index in [0.717, 1.165) is 18.4 Å². The third kappa shape index (κ3) is 4.34. The molecule has 0 heterocycles. The van der Waals surface area contributed by atoms with Crippen molar-refractivity contribution >= 4 is 15.9 Å². The van der Waals surface area contributed by atoms with Gasteiger partial charge in [-0.25, -0.2) is 4.39 Å². The molecule has 0 amide bonds. The average molecular weight is 318 g/mol. The highest BCUT2D eigenvalue weighted by Gasteiger charge is 2.19. The van der Waals surface area contributed by atoms with Crippen molar-refractivity contribution in [3.8, 4) is 0 Å². The molecule has 0 spiro atoms. The van der Waals surface area contributed by atoms with E-state index in [1.165, 1.54) is 6.07 Å². The first-order chi connectivity index (χ1) is 8.60. The van der Waals surface area contributed by atoms with Gasteiger partial charge in [-0.15, -0.1) is 0 Å². The standard InChI is InChI=1S/C14H21BrFNO/c1-3-6-13(18-4-2)12(17)9-10-7-5-8-11(16)14(10)15/h5,7-8,12-13H,3-4,6,9,17H2,1-2H3. The van der Waals surface area contributed by atoms with Crippen LogP contribution in [0.3, 0.4) is 0 Å². The van der Waals surface area contributed by atoms with Crippen molar-refractivity contribution in [3.05, 3.63) is 34.1 Å². The molecule has 2 N–H and O–H groups in total. The van der Waals surface area contributed by atoms with Gasteiger partial charge in [0.2, 0.25) is 0 Å². The van der Waals surface area contributed by atoms with Gasteiger partial charge in [0, 0.05) is 12.6 Å². The lowest BCUT2D eigenvalue weighted by Crippen LogP contribution is -2.38. The number of benzene rings is 1. The maximum atomic E-state index is 13.4. The van der Waals surface area contributed by atoms with Crippen molar-refractivity contribution in [2.24, 2.45) is 5.73 Å². The second kappa shape index (κ2) is 7.87. The Morgan fingerprint density at radius 2 is 2.11 bits per heavy atom. The monoisotopic (exact) mass is 317 g/mol. The number of hydrogen-bond acceptors (Lipinski definition) is 2. The average Bonchev–Trinajstić information content (AvgIpc) is 2.34. The predicted octanol–water partition coefficient (Wildman–Crippen LogP) is 3.66. The first kappa shape index (κ1) is 15.6. The van der Waals surface area contributed by atoms with Gasteiger partial charge in [-0.3, -0.25) is 0 Å². The number of rotatable bonds is 7. The van der Waals surface area contributed by atoms with Gasteiger partial charge in [0.1, 0.15) is 5.82 Å². The molecule has 0 aliphatic heterocycles. The summed E-state index contributed by atoms with van der Waals surface area (Å²) in [6.07, 6.45) is 2.61. The molecule has 0 aliphatic carbocycles. The second-order valence-electron chi connectivity index (χ2n) is 4.36. The number of ether oxygens (including phenoxy) is 1.